The number of anilines is 1. The molecule has 1 unspecified atom stereocenters. The summed E-state index contributed by atoms with van der Waals surface area (Å²) in [5.74, 6) is 0.582. The van der Waals surface area contributed by atoms with Crippen molar-refractivity contribution >= 4 is 16.7 Å². The lowest BCUT2D eigenvalue weighted by atomic mass is 10.1. The Morgan fingerprint density at radius 2 is 2.19 bits per heavy atom. The van der Waals surface area contributed by atoms with E-state index >= 15 is 0 Å². The first-order valence-electron chi connectivity index (χ1n) is 5.71. The van der Waals surface area contributed by atoms with Gasteiger partial charge in [-0.05, 0) is 31.0 Å². The summed E-state index contributed by atoms with van der Waals surface area (Å²) >= 11 is 0. The van der Waals surface area contributed by atoms with E-state index in [4.69, 9.17) is 10.2 Å². The van der Waals surface area contributed by atoms with Crippen LogP contribution in [0.4, 0.5) is 5.69 Å². The molecule has 86 valence electrons. The molecule has 16 heavy (non-hydrogen) atoms. The third-order valence-electron chi connectivity index (χ3n) is 2.78. The molecule has 2 aromatic rings. The molecule has 3 N–H and O–H groups in total. The molecule has 0 spiro atoms. The van der Waals surface area contributed by atoms with Gasteiger partial charge in [0.25, 0.3) is 0 Å². The summed E-state index contributed by atoms with van der Waals surface area (Å²) in [7, 11) is 0. The summed E-state index contributed by atoms with van der Waals surface area (Å²) in [6.45, 7) is 3.87. The molecule has 0 aliphatic rings. The zero-order valence-electron chi connectivity index (χ0n) is 9.57. The maximum absolute atomic E-state index is 5.52. The Balaban J connectivity index is 2.04. The molecule has 3 heteroatoms. The van der Waals surface area contributed by atoms with Crippen LogP contribution in [-0.4, -0.2) is 13.1 Å². The number of para-hydroxylation sites is 1. The van der Waals surface area contributed by atoms with E-state index in [0.29, 0.717) is 5.92 Å². The summed E-state index contributed by atoms with van der Waals surface area (Å²) in [6.07, 6.45) is 2.82. The standard InChI is InChI=1S/C13H18N2O/c1-10(6-7-14)8-15-12-9-16-13-5-3-2-4-11(12)13/h2-5,9-10,15H,6-8,14H2,1H3. The van der Waals surface area contributed by atoms with Crippen LogP contribution in [0.3, 0.4) is 0 Å². The fourth-order valence-electron chi connectivity index (χ4n) is 1.79. The van der Waals surface area contributed by atoms with E-state index in [1.165, 1.54) is 0 Å². The Kier molecular flexibility index (Phi) is 3.47. The Hall–Kier alpha value is -1.48. The third-order valence-corrected chi connectivity index (χ3v) is 2.78. The van der Waals surface area contributed by atoms with Crippen LogP contribution < -0.4 is 11.1 Å². The van der Waals surface area contributed by atoms with Gasteiger partial charge in [0.1, 0.15) is 11.8 Å². The predicted octanol–water partition coefficient (Wildman–Crippen LogP) is 2.83. The molecular formula is C13H18N2O. The minimum absolute atomic E-state index is 0.582. The summed E-state index contributed by atoms with van der Waals surface area (Å²) < 4.78 is 5.45. The molecule has 0 saturated heterocycles. The highest BCUT2D eigenvalue weighted by Crippen LogP contribution is 2.25. The number of hydrogen-bond donors (Lipinski definition) is 2. The van der Waals surface area contributed by atoms with Crippen molar-refractivity contribution in [2.24, 2.45) is 11.7 Å². The van der Waals surface area contributed by atoms with E-state index in [1.54, 1.807) is 6.26 Å². The van der Waals surface area contributed by atoms with Gasteiger partial charge in [0.2, 0.25) is 0 Å². The third kappa shape index (κ3) is 2.36. The second-order valence-corrected chi connectivity index (χ2v) is 4.21. The van der Waals surface area contributed by atoms with Gasteiger partial charge in [0.05, 0.1) is 5.69 Å². The van der Waals surface area contributed by atoms with Gasteiger partial charge in [-0.1, -0.05) is 19.1 Å². The minimum Gasteiger partial charge on any atom is -0.462 e. The molecule has 0 saturated carbocycles. The number of benzene rings is 1. The van der Waals surface area contributed by atoms with Crippen LogP contribution in [0.15, 0.2) is 34.9 Å². The smallest absolute Gasteiger partial charge is 0.136 e. The van der Waals surface area contributed by atoms with E-state index in [1.807, 2.05) is 18.2 Å². The summed E-state index contributed by atoms with van der Waals surface area (Å²) in [4.78, 5) is 0. The second-order valence-electron chi connectivity index (χ2n) is 4.21. The fraction of sp³-hybridized carbons (Fsp3) is 0.385. The van der Waals surface area contributed by atoms with Crippen LogP contribution in [0, 0.1) is 5.92 Å². The van der Waals surface area contributed by atoms with Crippen LogP contribution >= 0.6 is 0 Å². The van der Waals surface area contributed by atoms with Gasteiger partial charge in [-0.25, -0.2) is 0 Å². The van der Waals surface area contributed by atoms with E-state index in [9.17, 15) is 0 Å². The molecule has 0 aliphatic heterocycles. The van der Waals surface area contributed by atoms with Gasteiger partial charge in [-0.3, -0.25) is 0 Å². The van der Waals surface area contributed by atoms with Gasteiger partial charge in [0, 0.05) is 11.9 Å². The van der Waals surface area contributed by atoms with Crippen LogP contribution in [0.2, 0.25) is 0 Å². The predicted molar refractivity (Wildman–Crippen MR) is 67.5 cm³/mol. The molecular weight excluding hydrogens is 200 g/mol. The Labute approximate surface area is 95.6 Å². The first kappa shape index (κ1) is 11.0. The molecule has 1 atom stereocenters. The van der Waals surface area contributed by atoms with Crippen molar-refractivity contribution in [2.75, 3.05) is 18.4 Å². The van der Waals surface area contributed by atoms with Crippen molar-refractivity contribution in [3.05, 3.63) is 30.5 Å². The van der Waals surface area contributed by atoms with Gasteiger partial charge in [0.15, 0.2) is 0 Å². The van der Waals surface area contributed by atoms with Crippen LogP contribution in [0.5, 0.6) is 0 Å². The summed E-state index contributed by atoms with van der Waals surface area (Å²) in [6, 6.07) is 8.04. The largest absolute Gasteiger partial charge is 0.462 e. The Morgan fingerprint density at radius 3 is 3.00 bits per heavy atom. The first-order valence-corrected chi connectivity index (χ1v) is 5.71. The zero-order valence-corrected chi connectivity index (χ0v) is 9.57. The van der Waals surface area contributed by atoms with E-state index < -0.39 is 0 Å². The van der Waals surface area contributed by atoms with Crippen molar-refractivity contribution in [3.8, 4) is 0 Å². The first-order chi connectivity index (χ1) is 7.81. The van der Waals surface area contributed by atoms with E-state index in [0.717, 1.165) is 36.2 Å². The number of nitrogens with two attached hydrogens (primary N) is 1. The average molecular weight is 218 g/mol. The highest BCUT2D eigenvalue weighted by molar-refractivity contribution is 5.90. The molecule has 3 nitrogen and oxygen atoms in total. The van der Waals surface area contributed by atoms with Crippen LogP contribution in [0.1, 0.15) is 13.3 Å². The molecule has 0 fully saturated rings. The van der Waals surface area contributed by atoms with Crippen molar-refractivity contribution in [3.63, 3.8) is 0 Å². The van der Waals surface area contributed by atoms with Crippen LogP contribution in [0.25, 0.3) is 11.0 Å². The van der Waals surface area contributed by atoms with Gasteiger partial charge in [-0.15, -0.1) is 0 Å². The fourth-order valence-corrected chi connectivity index (χ4v) is 1.79. The van der Waals surface area contributed by atoms with Gasteiger partial charge in [-0.2, -0.15) is 0 Å². The molecule has 1 aromatic carbocycles. The lowest BCUT2D eigenvalue weighted by molar-refractivity contribution is 0.567. The Bertz CT molecular complexity index is 450. The van der Waals surface area contributed by atoms with E-state index in [-0.39, 0.29) is 0 Å². The quantitative estimate of drug-likeness (QED) is 0.811. The molecule has 0 bridgehead atoms. The molecule has 0 radical (unpaired) electrons. The Morgan fingerprint density at radius 1 is 1.38 bits per heavy atom. The molecule has 1 heterocycles. The zero-order chi connectivity index (χ0) is 11.4. The SMILES string of the molecule is CC(CCN)CNc1coc2ccccc12. The van der Waals surface area contributed by atoms with E-state index in [2.05, 4.69) is 18.3 Å². The monoisotopic (exact) mass is 218 g/mol. The van der Waals surface area contributed by atoms with Gasteiger partial charge < -0.3 is 15.5 Å². The normalized spacial score (nSPS) is 12.9. The van der Waals surface area contributed by atoms with Crippen molar-refractivity contribution in [1.82, 2.24) is 0 Å². The lowest BCUT2D eigenvalue weighted by Gasteiger charge is -2.11. The highest BCUT2D eigenvalue weighted by atomic mass is 16.3. The summed E-state index contributed by atoms with van der Waals surface area (Å²) in [5, 5.41) is 4.54. The molecule has 0 aliphatic carbocycles. The average Bonchev–Trinajstić information content (AvgIpc) is 2.70. The highest BCUT2D eigenvalue weighted by Gasteiger charge is 2.06. The number of fused-ring (bicyclic) bond motifs is 1. The number of furan rings is 1. The van der Waals surface area contributed by atoms with Gasteiger partial charge >= 0.3 is 0 Å². The molecule has 2 rings (SSSR count). The second kappa shape index (κ2) is 5.03. The molecule has 1 aromatic heterocycles. The van der Waals surface area contributed by atoms with Crippen LogP contribution in [-0.2, 0) is 0 Å². The number of hydrogen-bond acceptors (Lipinski definition) is 3. The number of rotatable bonds is 5. The lowest BCUT2D eigenvalue weighted by Crippen LogP contribution is -2.14. The van der Waals surface area contributed by atoms with Crippen molar-refractivity contribution in [1.29, 1.82) is 0 Å². The number of nitrogens with one attached hydrogen (secondary N) is 1. The van der Waals surface area contributed by atoms with Crippen molar-refractivity contribution in [2.45, 2.75) is 13.3 Å². The maximum atomic E-state index is 5.52. The van der Waals surface area contributed by atoms with Crippen molar-refractivity contribution < 1.29 is 4.42 Å². The minimum atomic E-state index is 0.582. The topological polar surface area (TPSA) is 51.2 Å². The maximum Gasteiger partial charge on any atom is 0.136 e. The molecule has 0 amide bonds. The summed E-state index contributed by atoms with van der Waals surface area (Å²) in [5.41, 5.74) is 7.52.